The predicted molar refractivity (Wildman–Crippen MR) is 120 cm³/mol. The quantitative estimate of drug-likeness (QED) is 0.618. The van der Waals surface area contributed by atoms with Crippen molar-refractivity contribution in [3.63, 3.8) is 0 Å². The maximum absolute atomic E-state index is 14.4. The lowest BCUT2D eigenvalue weighted by atomic mass is 9.90. The lowest BCUT2D eigenvalue weighted by Crippen LogP contribution is -2.37. The molecule has 2 saturated heterocycles. The first-order valence-corrected chi connectivity index (χ1v) is 10.5. The Morgan fingerprint density at radius 2 is 1.58 bits per heavy atom. The normalized spacial score (nSPS) is 21.9. The fraction of sp³-hybridized carbons (Fsp3) is 0.160. The summed E-state index contributed by atoms with van der Waals surface area (Å²) in [7, 11) is 0. The Hall–Kier alpha value is -4.04. The number of benzene rings is 3. The second kappa shape index (κ2) is 8.14. The summed E-state index contributed by atoms with van der Waals surface area (Å²) in [4.78, 5) is 45.0. The first-order chi connectivity index (χ1) is 16.0. The third kappa shape index (κ3) is 3.54. The van der Waals surface area contributed by atoms with Gasteiger partial charge in [-0.25, -0.2) is 14.4 Å². The van der Waals surface area contributed by atoms with E-state index in [0.717, 1.165) is 10.5 Å². The van der Waals surface area contributed by atoms with E-state index in [2.05, 4.69) is 5.32 Å². The largest absolute Gasteiger partial charge is 0.326 e. The van der Waals surface area contributed by atoms with E-state index >= 15 is 0 Å². The van der Waals surface area contributed by atoms with Crippen LogP contribution in [-0.2, 0) is 19.2 Å². The van der Waals surface area contributed by atoms with Crippen LogP contribution in [0.25, 0.3) is 0 Å². The third-order valence-corrected chi connectivity index (χ3v) is 5.79. The van der Waals surface area contributed by atoms with Crippen LogP contribution in [-0.4, -0.2) is 23.8 Å². The number of nitrogens with one attached hydrogen (secondary N) is 1. The van der Waals surface area contributed by atoms with Crippen LogP contribution in [0, 0.1) is 11.7 Å². The summed E-state index contributed by atoms with van der Waals surface area (Å²) < 4.78 is 14.4. The number of carbonyl (C=O) groups is 3. The van der Waals surface area contributed by atoms with Gasteiger partial charge in [-0.2, -0.15) is 0 Å². The molecule has 0 bridgehead atoms. The van der Waals surface area contributed by atoms with Gasteiger partial charge in [-0.3, -0.25) is 19.2 Å². The van der Waals surface area contributed by atoms with Gasteiger partial charge >= 0.3 is 0 Å². The number of imide groups is 1. The Balaban J connectivity index is 1.56. The molecule has 5 rings (SSSR count). The Kier molecular flexibility index (Phi) is 5.14. The first-order valence-electron chi connectivity index (χ1n) is 10.5. The number of hydrogen-bond donors (Lipinski definition) is 1. The second-order valence-corrected chi connectivity index (χ2v) is 7.92. The van der Waals surface area contributed by atoms with Crippen molar-refractivity contribution in [3.8, 4) is 0 Å². The summed E-state index contributed by atoms with van der Waals surface area (Å²) in [6.07, 6.45) is -1.09. The summed E-state index contributed by atoms with van der Waals surface area (Å²) >= 11 is 0. The molecular formula is C25H20FN3O4. The fourth-order valence-electron chi connectivity index (χ4n) is 4.39. The predicted octanol–water partition coefficient (Wildman–Crippen LogP) is 3.84. The molecule has 0 spiro atoms. The topological polar surface area (TPSA) is 79.0 Å². The van der Waals surface area contributed by atoms with Crippen molar-refractivity contribution in [1.82, 2.24) is 0 Å². The van der Waals surface area contributed by atoms with Gasteiger partial charge in [0.15, 0.2) is 6.10 Å². The average Bonchev–Trinajstić information content (AvgIpc) is 3.31. The number of hydrogen-bond acceptors (Lipinski definition) is 5. The maximum Gasteiger partial charge on any atom is 0.266 e. The minimum absolute atomic E-state index is 0.0866. The summed E-state index contributed by atoms with van der Waals surface area (Å²) in [5.41, 5.74) is 1.92. The van der Waals surface area contributed by atoms with E-state index in [4.69, 9.17) is 4.84 Å². The van der Waals surface area contributed by atoms with Crippen LogP contribution in [0.15, 0.2) is 78.9 Å². The number of carbonyl (C=O) groups excluding carboxylic acids is 3. The summed E-state index contributed by atoms with van der Waals surface area (Å²) in [6, 6.07) is 21.2. The molecule has 7 nitrogen and oxygen atoms in total. The molecule has 2 heterocycles. The molecule has 3 aromatic rings. The van der Waals surface area contributed by atoms with E-state index < -0.39 is 35.7 Å². The van der Waals surface area contributed by atoms with Gasteiger partial charge in [-0.1, -0.05) is 42.5 Å². The van der Waals surface area contributed by atoms with Crippen molar-refractivity contribution in [3.05, 3.63) is 90.2 Å². The molecule has 3 aromatic carbocycles. The van der Waals surface area contributed by atoms with Crippen molar-refractivity contribution in [2.24, 2.45) is 5.92 Å². The van der Waals surface area contributed by atoms with Crippen LogP contribution < -0.4 is 15.3 Å². The van der Waals surface area contributed by atoms with E-state index in [1.54, 1.807) is 35.4 Å². The molecule has 0 radical (unpaired) electrons. The zero-order valence-corrected chi connectivity index (χ0v) is 17.6. The minimum atomic E-state index is -1.09. The van der Waals surface area contributed by atoms with Crippen LogP contribution >= 0.6 is 0 Å². The first kappa shape index (κ1) is 20.8. The van der Waals surface area contributed by atoms with Gasteiger partial charge in [0.1, 0.15) is 11.7 Å². The lowest BCUT2D eigenvalue weighted by molar-refractivity contribution is -0.126. The van der Waals surface area contributed by atoms with Gasteiger partial charge in [0.05, 0.1) is 17.4 Å². The Labute approximate surface area is 189 Å². The highest BCUT2D eigenvalue weighted by atomic mass is 19.1. The number of anilines is 3. The molecular weight excluding hydrogens is 425 g/mol. The molecule has 0 aliphatic carbocycles. The molecule has 0 unspecified atom stereocenters. The van der Waals surface area contributed by atoms with Gasteiger partial charge in [-0.15, -0.1) is 0 Å². The number of para-hydroxylation sites is 2. The summed E-state index contributed by atoms with van der Waals surface area (Å²) in [5, 5.41) is 4.27. The van der Waals surface area contributed by atoms with Crippen LogP contribution in [0.1, 0.15) is 18.5 Å². The molecule has 0 saturated carbocycles. The van der Waals surface area contributed by atoms with Gasteiger partial charge in [0.2, 0.25) is 11.8 Å². The van der Waals surface area contributed by atoms with E-state index in [0.29, 0.717) is 11.4 Å². The number of amides is 3. The summed E-state index contributed by atoms with van der Waals surface area (Å²) in [5.74, 6) is -2.85. The van der Waals surface area contributed by atoms with Crippen molar-refractivity contribution in [2.75, 3.05) is 15.3 Å². The number of hydroxylamine groups is 1. The van der Waals surface area contributed by atoms with Crippen LogP contribution in [0.4, 0.5) is 21.5 Å². The molecule has 1 N–H and O–H groups in total. The highest BCUT2D eigenvalue weighted by Gasteiger charge is 2.60. The molecule has 8 heteroatoms. The Morgan fingerprint density at radius 3 is 2.24 bits per heavy atom. The standard InChI is InChI=1S/C25H20FN3O4/c1-15(30)27-17-13-11-16(12-14-17)22-21-23(33-29(22)18-7-3-2-4-8-18)25(32)28(24(21)31)20-10-6-5-9-19(20)26/h2-14,21-23H,1H3,(H,27,30)/t21-,22-,23+/m1/s1. The molecule has 2 aliphatic rings. The van der Waals surface area contributed by atoms with Crippen LogP contribution in [0.2, 0.25) is 0 Å². The average molecular weight is 445 g/mol. The molecule has 3 atom stereocenters. The zero-order chi connectivity index (χ0) is 23.1. The molecule has 3 amide bonds. The molecule has 0 aromatic heterocycles. The smallest absolute Gasteiger partial charge is 0.266 e. The highest BCUT2D eigenvalue weighted by Crippen LogP contribution is 2.47. The van der Waals surface area contributed by atoms with E-state index in [1.165, 1.54) is 25.1 Å². The molecule has 2 aliphatic heterocycles. The Morgan fingerprint density at radius 1 is 0.909 bits per heavy atom. The number of nitrogens with zero attached hydrogens (tertiary/aromatic N) is 2. The summed E-state index contributed by atoms with van der Waals surface area (Å²) in [6.45, 7) is 1.42. The Bertz CT molecular complexity index is 1230. The molecule has 2 fully saturated rings. The van der Waals surface area contributed by atoms with Crippen molar-refractivity contribution in [2.45, 2.75) is 19.1 Å². The van der Waals surface area contributed by atoms with Crippen molar-refractivity contribution < 1.29 is 23.6 Å². The fourth-order valence-corrected chi connectivity index (χ4v) is 4.39. The SMILES string of the molecule is CC(=O)Nc1ccc([C@@H]2[C@H]3C(=O)N(c4ccccc4F)C(=O)[C@H]3ON2c2ccccc2)cc1. The van der Waals surface area contributed by atoms with Crippen LogP contribution in [0.3, 0.4) is 0 Å². The van der Waals surface area contributed by atoms with Crippen molar-refractivity contribution in [1.29, 1.82) is 0 Å². The van der Waals surface area contributed by atoms with Gasteiger partial charge in [0, 0.05) is 12.6 Å². The minimum Gasteiger partial charge on any atom is -0.326 e. The maximum atomic E-state index is 14.4. The van der Waals surface area contributed by atoms with Gasteiger partial charge in [0.25, 0.3) is 5.91 Å². The zero-order valence-electron chi connectivity index (χ0n) is 17.6. The third-order valence-electron chi connectivity index (χ3n) is 5.79. The molecule has 33 heavy (non-hydrogen) atoms. The number of rotatable bonds is 4. The van der Waals surface area contributed by atoms with Gasteiger partial charge < -0.3 is 5.32 Å². The monoisotopic (exact) mass is 445 g/mol. The number of fused-ring (bicyclic) bond motifs is 1. The lowest BCUT2D eigenvalue weighted by Gasteiger charge is -2.29. The van der Waals surface area contributed by atoms with E-state index in [1.807, 2.05) is 30.3 Å². The highest BCUT2D eigenvalue weighted by molar-refractivity contribution is 6.24. The van der Waals surface area contributed by atoms with E-state index in [-0.39, 0.29) is 11.6 Å². The van der Waals surface area contributed by atoms with Gasteiger partial charge in [-0.05, 0) is 42.0 Å². The second-order valence-electron chi connectivity index (χ2n) is 7.92. The van der Waals surface area contributed by atoms with E-state index in [9.17, 15) is 18.8 Å². The van der Waals surface area contributed by atoms with Crippen LogP contribution in [0.5, 0.6) is 0 Å². The molecule has 166 valence electrons. The van der Waals surface area contributed by atoms with Crippen molar-refractivity contribution >= 4 is 34.8 Å². The number of halogens is 1.